The second-order valence-electron chi connectivity index (χ2n) is 4.02. The van der Waals surface area contributed by atoms with Gasteiger partial charge < -0.3 is 4.74 Å². The van der Waals surface area contributed by atoms with Crippen LogP contribution >= 0.6 is 0 Å². The number of Topliss-reactive ketones (excluding diaryl/α,β-unsaturated/α-hetero) is 1. The largest absolute Gasteiger partial charge is 0.378 e. The SMILES string of the molecule is Cn1cc(C(=O)CC2CCCCO2)cn1. The first-order chi connectivity index (χ1) is 7.25. The van der Waals surface area contributed by atoms with Gasteiger partial charge >= 0.3 is 0 Å². The monoisotopic (exact) mass is 208 g/mol. The van der Waals surface area contributed by atoms with Gasteiger partial charge in [-0.05, 0) is 19.3 Å². The van der Waals surface area contributed by atoms with E-state index in [-0.39, 0.29) is 11.9 Å². The van der Waals surface area contributed by atoms with Crippen LogP contribution in [0.1, 0.15) is 36.0 Å². The summed E-state index contributed by atoms with van der Waals surface area (Å²) in [6.07, 6.45) is 7.28. The molecule has 0 amide bonds. The minimum Gasteiger partial charge on any atom is -0.378 e. The molecule has 0 spiro atoms. The van der Waals surface area contributed by atoms with Gasteiger partial charge in [-0.15, -0.1) is 0 Å². The molecule has 1 atom stereocenters. The summed E-state index contributed by atoms with van der Waals surface area (Å²) in [4.78, 5) is 11.8. The molecule has 4 nitrogen and oxygen atoms in total. The first-order valence-electron chi connectivity index (χ1n) is 5.39. The number of carbonyl (C=O) groups is 1. The second-order valence-corrected chi connectivity index (χ2v) is 4.02. The molecule has 0 aromatic carbocycles. The molecule has 15 heavy (non-hydrogen) atoms. The van der Waals surface area contributed by atoms with Crippen molar-refractivity contribution in [3.63, 3.8) is 0 Å². The Morgan fingerprint density at radius 3 is 3.13 bits per heavy atom. The lowest BCUT2D eigenvalue weighted by atomic mass is 10.0. The minimum atomic E-state index is 0.117. The van der Waals surface area contributed by atoms with E-state index in [2.05, 4.69) is 5.10 Å². The molecule has 2 rings (SSSR count). The molecule has 1 saturated heterocycles. The summed E-state index contributed by atoms with van der Waals surface area (Å²) in [6.45, 7) is 0.797. The smallest absolute Gasteiger partial charge is 0.168 e. The van der Waals surface area contributed by atoms with E-state index < -0.39 is 0 Å². The third kappa shape index (κ3) is 2.65. The zero-order valence-corrected chi connectivity index (χ0v) is 8.98. The molecule has 4 heteroatoms. The van der Waals surface area contributed by atoms with E-state index in [4.69, 9.17) is 4.74 Å². The summed E-state index contributed by atoms with van der Waals surface area (Å²) in [7, 11) is 1.81. The summed E-state index contributed by atoms with van der Waals surface area (Å²) < 4.78 is 7.18. The van der Waals surface area contributed by atoms with Crippen LogP contribution in [-0.2, 0) is 11.8 Å². The Labute approximate surface area is 89.2 Å². The minimum absolute atomic E-state index is 0.117. The summed E-state index contributed by atoms with van der Waals surface area (Å²) >= 11 is 0. The summed E-state index contributed by atoms with van der Waals surface area (Å²) in [6, 6.07) is 0. The number of ketones is 1. The van der Waals surface area contributed by atoms with Gasteiger partial charge in [-0.25, -0.2) is 0 Å². The third-order valence-electron chi connectivity index (χ3n) is 2.71. The van der Waals surface area contributed by atoms with Crippen LogP contribution in [0.3, 0.4) is 0 Å². The maximum Gasteiger partial charge on any atom is 0.168 e. The van der Waals surface area contributed by atoms with Crippen molar-refractivity contribution in [2.24, 2.45) is 7.05 Å². The van der Waals surface area contributed by atoms with Crippen LogP contribution in [0.15, 0.2) is 12.4 Å². The van der Waals surface area contributed by atoms with Gasteiger partial charge in [-0.2, -0.15) is 5.10 Å². The second kappa shape index (κ2) is 4.57. The molecule has 0 saturated carbocycles. The highest BCUT2D eigenvalue weighted by Crippen LogP contribution is 2.17. The molecule has 0 bridgehead atoms. The number of hydrogen-bond donors (Lipinski definition) is 0. The predicted molar refractivity (Wildman–Crippen MR) is 55.7 cm³/mol. The van der Waals surface area contributed by atoms with Gasteiger partial charge in [0.15, 0.2) is 5.78 Å². The lowest BCUT2D eigenvalue weighted by Crippen LogP contribution is -2.22. The van der Waals surface area contributed by atoms with Crippen LogP contribution in [0.5, 0.6) is 0 Å². The average molecular weight is 208 g/mol. The quantitative estimate of drug-likeness (QED) is 0.708. The number of ether oxygens (including phenoxy) is 1. The molecule has 1 unspecified atom stereocenters. The van der Waals surface area contributed by atoms with E-state index in [9.17, 15) is 4.79 Å². The fourth-order valence-corrected chi connectivity index (χ4v) is 1.86. The number of carbonyl (C=O) groups excluding carboxylic acids is 1. The van der Waals surface area contributed by atoms with Gasteiger partial charge in [-0.3, -0.25) is 9.48 Å². The summed E-state index contributed by atoms with van der Waals surface area (Å²) in [5.74, 6) is 0.134. The molecule has 1 fully saturated rings. The van der Waals surface area contributed by atoms with E-state index in [0.717, 1.165) is 19.4 Å². The summed E-state index contributed by atoms with van der Waals surface area (Å²) in [5, 5.41) is 3.99. The molecule has 82 valence electrons. The number of hydrogen-bond acceptors (Lipinski definition) is 3. The third-order valence-corrected chi connectivity index (χ3v) is 2.71. The van der Waals surface area contributed by atoms with E-state index in [1.165, 1.54) is 6.42 Å². The zero-order chi connectivity index (χ0) is 10.7. The number of aryl methyl sites for hydroxylation is 1. The van der Waals surface area contributed by atoms with Crippen LogP contribution in [0.25, 0.3) is 0 Å². The van der Waals surface area contributed by atoms with Crippen molar-refractivity contribution >= 4 is 5.78 Å². The van der Waals surface area contributed by atoms with Crippen molar-refractivity contribution in [1.29, 1.82) is 0 Å². The Hall–Kier alpha value is -1.16. The molecule has 0 N–H and O–H groups in total. The number of nitrogens with zero attached hydrogens (tertiary/aromatic N) is 2. The lowest BCUT2D eigenvalue weighted by Gasteiger charge is -2.21. The molecule has 1 aliphatic rings. The molecule has 0 aliphatic carbocycles. The van der Waals surface area contributed by atoms with Crippen molar-refractivity contribution in [2.75, 3.05) is 6.61 Å². The van der Waals surface area contributed by atoms with Crippen LogP contribution < -0.4 is 0 Å². The normalized spacial score (nSPS) is 21.5. The first kappa shape index (κ1) is 10.4. The van der Waals surface area contributed by atoms with Gasteiger partial charge in [0.25, 0.3) is 0 Å². The van der Waals surface area contributed by atoms with Crippen LogP contribution in [0, 0.1) is 0 Å². The van der Waals surface area contributed by atoms with Crippen LogP contribution in [-0.4, -0.2) is 28.3 Å². The van der Waals surface area contributed by atoms with Gasteiger partial charge in [-0.1, -0.05) is 0 Å². The van der Waals surface area contributed by atoms with E-state index >= 15 is 0 Å². The fourth-order valence-electron chi connectivity index (χ4n) is 1.86. The maximum absolute atomic E-state index is 11.8. The zero-order valence-electron chi connectivity index (χ0n) is 8.98. The molecule has 1 aliphatic heterocycles. The molecule has 0 radical (unpaired) electrons. The van der Waals surface area contributed by atoms with E-state index in [0.29, 0.717) is 12.0 Å². The molecular weight excluding hydrogens is 192 g/mol. The first-order valence-corrected chi connectivity index (χ1v) is 5.39. The predicted octanol–water partition coefficient (Wildman–Crippen LogP) is 1.56. The molecule has 1 aromatic heterocycles. The van der Waals surface area contributed by atoms with Crippen LogP contribution in [0.4, 0.5) is 0 Å². The number of rotatable bonds is 3. The summed E-state index contributed by atoms with van der Waals surface area (Å²) in [5.41, 5.74) is 0.687. The average Bonchev–Trinajstić information content (AvgIpc) is 2.66. The Bertz CT molecular complexity index is 340. The highest BCUT2D eigenvalue weighted by Gasteiger charge is 2.19. The van der Waals surface area contributed by atoms with Gasteiger partial charge in [0.05, 0.1) is 17.9 Å². The van der Waals surface area contributed by atoms with Crippen LogP contribution in [0.2, 0.25) is 0 Å². The Morgan fingerprint density at radius 1 is 1.67 bits per heavy atom. The topological polar surface area (TPSA) is 44.1 Å². The van der Waals surface area contributed by atoms with Crippen molar-refractivity contribution in [2.45, 2.75) is 31.8 Å². The Balaban J connectivity index is 1.91. The number of aromatic nitrogens is 2. The van der Waals surface area contributed by atoms with Crippen molar-refractivity contribution in [3.8, 4) is 0 Å². The highest BCUT2D eigenvalue weighted by molar-refractivity contribution is 5.95. The van der Waals surface area contributed by atoms with E-state index in [1.807, 2.05) is 7.05 Å². The van der Waals surface area contributed by atoms with Gasteiger partial charge in [0.2, 0.25) is 0 Å². The molecule has 2 heterocycles. The lowest BCUT2D eigenvalue weighted by molar-refractivity contribution is 0.0129. The molecular formula is C11H16N2O2. The van der Waals surface area contributed by atoms with Crippen molar-refractivity contribution in [3.05, 3.63) is 18.0 Å². The Morgan fingerprint density at radius 2 is 2.53 bits per heavy atom. The van der Waals surface area contributed by atoms with Gasteiger partial charge in [0, 0.05) is 26.3 Å². The van der Waals surface area contributed by atoms with Crippen molar-refractivity contribution in [1.82, 2.24) is 9.78 Å². The molecule has 1 aromatic rings. The van der Waals surface area contributed by atoms with Gasteiger partial charge in [0.1, 0.15) is 0 Å². The highest BCUT2D eigenvalue weighted by atomic mass is 16.5. The fraction of sp³-hybridized carbons (Fsp3) is 0.636. The standard InChI is InChI=1S/C11H16N2O2/c1-13-8-9(7-12-13)11(14)6-10-4-2-3-5-15-10/h7-8,10H,2-6H2,1H3. The maximum atomic E-state index is 11.8. The van der Waals surface area contributed by atoms with E-state index in [1.54, 1.807) is 17.1 Å². The van der Waals surface area contributed by atoms with Crippen molar-refractivity contribution < 1.29 is 9.53 Å². The Kier molecular flexibility index (Phi) is 3.16.